The van der Waals surface area contributed by atoms with Crippen molar-refractivity contribution in [3.63, 3.8) is 0 Å². The number of nitrogens with zero attached hydrogens (tertiary/aromatic N) is 4. The molecule has 29 heavy (non-hydrogen) atoms. The number of imide groups is 1. The van der Waals surface area contributed by atoms with Crippen LogP contribution in [0.4, 0.5) is 20.2 Å². The molecular weight excluding hydrogens is 408 g/mol. The Kier molecular flexibility index (Phi) is 4.71. The zero-order valence-corrected chi connectivity index (χ0v) is 15.3. The van der Waals surface area contributed by atoms with E-state index in [9.17, 15) is 23.2 Å². The van der Waals surface area contributed by atoms with E-state index in [-0.39, 0.29) is 12.2 Å². The third kappa shape index (κ3) is 3.42. The van der Waals surface area contributed by atoms with E-state index in [4.69, 9.17) is 11.6 Å². The number of benzene rings is 2. The second-order valence-electron chi connectivity index (χ2n) is 6.36. The molecule has 2 aromatic rings. The Morgan fingerprint density at radius 3 is 2.62 bits per heavy atom. The van der Waals surface area contributed by atoms with E-state index in [1.807, 2.05) is 0 Å². The SMILES string of the molecule is O=C(CN1N=NC2C(=O)N(c3ccc(F)c(F)c3)C(=O)C21)Nc1cccc(Cl)c1. The zero-order valence-electron chi connectivity index (χ0n) is 14.6. The van der Waals surface area contributed by atoms with Crippen LogP contribution in [0, 0.1) is 11.6 Å². The molecule has 148 valence electrons. The number of fused-ring (bicyclic) bond motifs is 1. The molecule has 1 N–H and O–H groups in total. The van der Waals surface area contributed by atoms with Crippen LogP contribution in [0.25, 0.3) is 0 Å². The summed E-state index contributed by atoms with van der Waals surface area (Å²) in [6, 6.07) is 6.86. The summed E-state index contributed by atoms with van der Waals surface area (Å²) in [5.41, 5.74) is 0.333. The van der Waals surface area contributed by atoms with Crippen LogP contribution >= 0.6 is 11.6 Å². The van der Waals surface area contributed by atoms with Crippen LogP contribution in [0.5, 0.6) is 0 Å². The van der Waals surface area contributed by atoms with Gasteiger partial charge in [0.2, 0.25) is 5.91 Å². The van der Waals surface area contributed by atoms with Gasteiger partial charge >= 0.3 is 0 Å². The van der Waals surface area contributed by atoms with Crippen molar-refractivity contribution < 1.29 is 23.2 Å². The lowest BCUT2D eigenvalue weighted by molar-refractivity contribution is -0.123. The van der Waals surface area contributed by atoms with Crippen molar-refractivity contribution in [2.24, 2.45) is 10.3 Å². The molecule has 8 nitrogen and oxygen atoms in total. The van der Waals surface area contributed by atoms with E-state index in [0.717, 1.165) is 28.1 Å². The fourth-order valence-electron chi connectivity index (χ4n) is 3.15. The van der Waals surface area contributed by atoms with E-state index in [1.54, 1.807) is 24.3 Å². The smallest absolute Gasteiger partial charge is 0.263 e. The minimum Gasteiger partial charge on any atom is -0.324 e. The number of hydrogen-bond donors (Lipinski definition) is 1. The van der Waals surface area contributed by atoms with Gasteiger partial charge in [-0.15, -0.1) is 0 Å². The molecule has 1 fully saturated rings. The Morgan fingerprint density at radius 2 is 1.90 bits per heavy atom. The molecule has 4 rings (SSSR count). The van der Waals surface area contributed by atoms with Crippen molar-refractivity contribution >= 4 is 40.7 Å². The molecule has 2 aromatic carbocycles. The van der Waals surface area contributed by atoms with E-state index in [1.165, 1.54) is 0 Å². The van der Waals surface area contributed by atoms with Crippen LogP contribution in [0.1, 0.15) is 0 Å². The average Bonchev–Trinajstić information content (AvgIpc) is 3.18. The summed E-state index contributed by atoms with van der Waals surface area (Å²) in [4.78, 5) is 38.3. The Labute approximate surface area is 167 Å². The van der Waals surface area contributed by atoms with E-state index in [2.05, 4.69) is 15.7 Å². The molecule has 0 aromatic heterocycles. The Morgan fingerprint density at radius 1 is 1.10 bits per heavy atom. The maximum Gasteiger partial charge on any atom is 0.263 e. The fourth-order valence-corrected chi connectivity index (χ4v) is 3.34. The summed E-state index contributed by atoms with van der Waals surface area (Å²) < 4.78 is 26.7. The van der Waals surface area contributed by atoms with Crippen LogP contribution < -0.4 is 10.2 Å². The maximum atomic E-state index is 13.5. The number of amides is 3. The van der Waals surface area contributed by atoms with Crippen LogP contribution in [0.2, 0.25) is 5.02 Å². The third-order valence-corrected chi connectivity index (χ3v) is 4.67. The molecule has 3 amide bonds. The molecule has 0 radical (unpaired) electrons. The van der Waals surface area contributed by atoms with Gasteiger partial charge in [-0.3, -0.25) is 19.4 Å². The largest absolute Gasteiger partial charge is 0.324 e. The number of carbonyl (C=O) groups excluding carboxylic acids is 3. The van der Waals surface area contributed by atoms with Gasteiger partial charge in [-0.2, -0.15) is 5.11 Å². The van der Waals surface area contributed by atoms with Crippen molar-refractivity contribution in [1.82, 2.24) is 5.01 Å². The maximum absolute atomic E-state index is 13.5. The monoisotopic (exact) mass is 419 g/mol. The lowest BCUT2D eigenvalue weighted by atomic mass is 10.1. The predicted octanol–water partition coefficient (Wildman–Crippen LogP) is 2.55. The Hall–Kier alpha value is -3.40. The first kappa shape index (κ1) is 18.9. The lowest BCUT2D eigenvalue weighted by Crippen LogP contribution is -2.43. The summed E-state index contributed by atoms with van der Waals surface area (Å²) >= 11 is 5.87. The minimum atomic E-state index is -1.19. The summed E-state index contributed by atoms with van der Waals surface area (Å²) in [7, 11) is 0. The molecule has 2 aliphatic heterocycles. The second kappa shape index (κ2) is 7.21. The topological polar surface area (TPSA) is 94.4 Å². The van der Waals surface area contributed by atoms with Gasteiger partial charge in [-0.1, -0.05) is 22.9 Å². The van der Waals surface area contributed by atoms with Crippen molar-refractivity contribution in [2.45, 2.75) is 12.1 Å². The fraction of sp³-hybridized carbons (Fsp3) is 0.167. The van der Waals surface area contributed by atoms with Gasteiger partial charge in [0.15, 0.2) is 23.7 Å². The van der Waals surface area contributed by atoms with Crippen molar-refractivity contribution in [2.75, 3.05) is 16.8 Å². The first-order valence-corrected chi connectivity index (χ1v) is 8.78. The second-order valence-corrected chi connectivity index (χ2v) is 6.80. The molecule has 2 aliphatic rings. The Balaban J connectivity index is 1.50. The summed E-state index contributed by atoms with van der Waals surface area (Å²) in [5, 5.41) is 11.6. The number of anilines is 2. The van der Waals surface area contributed by atoms with Gasteiger partial charge < -0.3 is 5.32 Å². The van der Waals surface area contributed by atoms with E-state index in [0.29, 0.717) is 10.7 Å². The van der Waals surface area contributed by atoms with Crippen molar-refractivity contribution in [3.05, 3.63) is 59.1 Å². The molecule has 1 saturated heterocycles. The number of hydrogen-bond acceptors (Lipinski definition) is 6. The number of carbonyl (C=O) groups is 3. The number of rotatable bonds is 4. The average molecular weight is 420 g/mol. The highest BCUT2D eigenvalue weighted by molar-refractivity contribution is 6.31. The normalized spacial score (nSPS) is 20.4. The van der Waals surface area contributed by atoms with Crippen LogP contribution in [0.3, 0.4) is 0 Å². The summed E-state index contributed by atoms with van der Waals surface area (Å²) in [6.45, 7) is -0.345. The molecule has 0 aliphatic carbocycles. The quantitative estimate of drug-likeness (QED) is 0.770. The highest BCUT2D eigenvalue weighted by atomic mass is 35.5. The molecular formula is C18H12ClF2N5O3. The number of nitrogens with one attached hydrogen (secondary N) is 1. The molecule has 0 bridgehead atoms. The third-order valence-electron chi connectivity index (χ3n) is 4.43. The van der Waals surface area contributed by atoms with Crippen LogP contribution in [0.15, 0.2) is 52.8 Å². The van der Waals surface area contributed by atoms with Gasteiger partial charge in [0.05, 0.1) is 5.69 Å². The molecule has 0 spiro atoms. The highest BCUT2D eigenvalue weighted by Gasteiger charge is 2.55. The molecule has 2 unspecified atom stereocenters. The van der Waals surface area contributed by atoms with Gasteiger partial charge in [0.25, 0.3) is 11.8 Å². The van der Waals surface area contributed by atoms with Gasteiger partial charge in [0.1, 0.15) is 6.54 Å². The first-order valence-electron chi connectivity index (χ1n) is 8.41. The zero-order chi connectivity index (χ0) is 20.7. The van der Waals surface area contributed by atoms with Gasteiger partial charge in [-0.25, -0.2) is 13.7 Å². The predicted molar refractivity (Wildman–Crippen MR) is 98.1 cm³/mol. The van der Waals surface area contributed by atoms with E-state index < -0.39 is 41.4 Å². The molecule has 2 atom stereocenters. The standard InChI is InChI=1S/C18H12ClF2N5O3/c19-9-2-1-3-10(6-9)22-14(27)8-25-16-15(23-24-25)17(28)26(18(16)29)11-4-5-12(20)13(21)7-11/h1-7,15-16H,8H2,(H,22,27). The lowest BCUT2D eigenvalue weighted by Gasteiger charge is -2.20. The first-order chi connectivity index (χ1) is 13.8. The summed E-state index contributed by atoms with van der Waals surface area (Å²) in [5.74, 6) is -4.26. The van der Waals surface area contributed by atoms with Crippen molar-refractivity contribution in [3.8, 4) is 0 Å². The van der Waals surface area contributed by atoms with Crippen LogP contribution in [-0.2, 0) is 14.4 Å². The van der Waals surface area contributed by atoms with Gasteiger partial charge in [-0.05, 0) is 30.3 Å². The van der Waals surface area contributed by atoms with Gasteiger partial charge in [0, 0.05) is 16.8 Å². The summed E-state index contributed by atoms with van der Waals surface area (Å²) in [6.07, 6.45) is 0. The molecule has 11 heteroatoms. The molecule has 2 heterocycles. The van der Waals surface area contributed by atoms with Crippen molar-refractivity contribution in [1.29, 1.82) is 0 Å². The van der Waals surface area contributed by atoms with Crippen LogP contribution in [-0.4, -0.2) is 41.4 Å². The highest BCUT2D eigenvalue weighted by Crippen LogP contribution is 2.32. The minimum absolute atomic E-state index is 0.119. The van der Waals surface area contributed by atoms with E-state index >= 15 is 0 Å². The molecule has 0 saturated carbocycles. The number of halogens is 3. The Bertz CT molecular complexity index is 1060.